The maximum Gasteiger partial charge on any atom is 0.164 e. The molecule has 0 saturated heterocycles. The van der Waals surface area contributed by atoms with Crippen molar-refractivity contribution in [3.63, 3.8) is 0 Å². The van der Waals surface area contributed by atoms with Crippen LogP contribution in [0.1, 0.15) is 16.7 Å². The van der Waals surface area contributed by atoms with Gasteiger partial charge in [0.2, 0.25) is 0 Å². The predicted octanol–water partition coefficient (Wildman–Crippen LogP) is 12.6. The zero-order valence-corrected chi connectivity index (χ0v) is 29.3. The second-order valence-corrected chi connectivity index (χ2v) is 14.0. The fourth-order valence-corrected chi connectivity index (χ4v) is 8.52. The van der Waals surface area contributed by atoms with Gasteiger partial charge in [-0.05, 0) is 62.0 Å². The molecule has 0 unspecified atom stereocenters. The van der Waals surface area contributed by atoms with E-state index in [1.807, 2.05) is 36.4 Å². The Kier molecular flexibility index (Phi) is 6.89. The second kappa shape index (κ2) is 12.2. The van der Waals surface area contributed by atoms with Gasteiger partial charge in [-0.3, -0.25) is 0 Å². The predicted molar refractivity (Wildman–Crippen MR) is 224 cm³/mol. The Labute approximate surface area is 312 Å². The fourth-order valence-electron chi connectivity index (χ4n) is 8.52. The van der Waals surface area contributed by atoms with Crippen LogP contribution in [0.25, 0.3) is 100 Å². The highest BCUT2D eigenvalue weighted by molar-refractivity contribution is 6.27. The van der Waals surface area contributed by atoms with Crippen LogP contribution >= 0.6 is 0 Å². The Balaban J connectivity index is 1.23. The molecule has 0 bridgehead atoms. The molecule has 2 aromatic heterocycles. The van der Waals surface area contributed by atoms with Crippen LogP contribution in [0.15, 0.2) is 170 Å². The van der Waals surface area contributed by atoms with Crippen molar-refractivity contribution in [1.82, 2.24) is 19.9 Å². The number of allylic oxidation sites excluding steroid dienone is 1. The lowest BCUT2D eigenvalue weighted by molar-refractivity contribution is 1.08. The molecule has 2 heterocycles. The molecule has 1 N–H and O–H groups in total. The monoisotopic (exact) mass is 688 g/mol. The van der Waals surface area contributed by atoms with E-state index in [0.29, 0.717) is 17.5 Å². The highest BCUT2D eigenvalue weighted by atomic mass is 15.0. The first kappa shape index (κ1) is 30.5. The maximum absolute atomic E-state index is 5.15. The number of nitrogens with one attached hydrogen (secondary N) is 1. The van der Waals surface area contributed by atoms with E-state index in [1.54, 1.807) is 0 Å². The number of fused-ring (bicyclic) bond motifs is 12. The van der Waals surface area contributed by atoms with E-state index >= 15 is 0 Å². The molecule has 4 nitrogen and oxygen atoms in total. The molecule has 1 aliphatic rings. The Morgan fingerprint density at radius 3 is 1.74 bits per heavy atom. The van der Waals surface area contributed by atoms with Crippen molar-refractivity contribution in [2.75, 3.05) is 0 Å². The summed E-state index contributed by atoms with van der Waals surface area (Å²) in [6, 6.07) is 59.8. The van der Waals surface area contributed by atoms with E-state index < -0.39 is 0 Å². The summed E-state index contributed by atoms with van der Waals surface area (Å²) in [5.41, 5.74) is 12.9. The van der Waals surface area contributed by atoms with Gasteiger partial charge < -0.3 is 4.98 Å². The summed E-state index contributed by atoms with van der Waals surface area (Å²) in [4.78, 5) is 19.1. The number of hydrogen-bond acceptors (Lipinski definition) is 3. The Morgan fingerprint density at radius 2 is 1.02 bits per heavy atom. The number of rotatable bonds is 4. The molecule has 11 rings (SSSR count). The number of hydrogen-bond donors (Lipinski definition) is 1. The molecule has 0 saturated carbocycles. The summed E-state index contributed by atoms with van der Waals surface area (Å²) >= 11 is 0. The van der Waals surface area contributed by atoms with E-state index in [-0.39, 0.29) is 0 Å². The lowest BCUT2D eigenvalue weighted by Gasteiger charge is -2.27. The minimum absolute atomic E-state index is 0.654. The van der Waals surface area contributed by atoms with E-state index in [9.17, 15) is 0 Å². The van der Waals surface area contributed by atoms with Crippen molar-refractivity contribution in [2.45, 2.75) is 6.42 Å². The molecule has 54 heavy (non-hydrogen) atoms. The van der Waals surface area contributed by atoms with Crippen LogP contribution in [-0.4, -0.2) is 19.9 Å². The summed E-state index contributed by atoms with van der Waals surface area (Å²) in [6.45, 7) is 0. The molecule has 252 valence electrons. The standard InChI is InChI=1S/C50H32N4/c1-4-15-31(16-5-1)29-34-30-42-35-21-10-11-22-38(35)47-46(40-23-12-13-26-43(40)51-47)45(42)41-28-27-36-37(44(34)41)24-14-25-39(36)50-53-48(32-17-6-2-7-18-32)52-49(54-50)33-19-8-3-9-20-33/h1-29,51H,30H2/b34-29-. The molecule has 0 aliphatic heterocycles. The van der Waals surface area contributed by atoms with Gasteiger partial charge in [0.15, 0.2) is 17.5 Å². The molecule has 0 amide bonds. The van der Waals surface area contributed by atoms with Crippen LogP contribution in [0.2, 0.25) is 0 Å². The molecular formula is C50H32N4. The molecule has 4 heteroatoms. The summed E-state index contributed by atoms with van der Waals surface area (Å²) in [5, 5.41) is 7.37. The van der Waals surface area contributed by atoms with Gasteiger partial charge in [0.1, 0.15) is 0 Å². The first-order chi connectivity index (χ1) is 26.8. The first-order valence-corrected chi connectivity index (χ1v) is 18.4. The highest BCUT2D eigenvalue weighted by Gasteiger charge is 2.29. The molecule has 1 aliphatic carbocycles. The Morgan fingerprint density at radius 1 is 0.426 bits per heavy atom. The van der Waals surface area contributed by atoms with Crippen LogP contribution in [-0.2, 0) is 6.42 Å². The van der Waals surface area contributed by atoms with Gasteiger partial charge in [0, 0.05) is 38.4 Å². The number of para-hydroxylation sites is 1. The topological polar surface area (TPSA) is 54.5 Å². The normalized spacial score (nSPS) is 13.1. The SMILES string of the molecule is C(=C1\Cc2c(c3c4ccccc4[nH]c3c3ccccc23)-c2ccc3c(-c4nc(-c5ccccc5)nc(-c5ccccc5)n4)cccc3c21)/c1ccccc1. The number of aromatic amines is 1. The molecule has 0 radical (unpaired) electrons. The van der Waals surface area contributed by atoms with Gasteiger partial charge in [-0.2, -0.15) is 0 Å². The number of nitrogens with zero attached hydrogens (tertiary/aromatic N) is 3. The molecule has 0 fully saturated rings. The van der Waals surface area contributed by atoms with Crippen molar-refractivity contribution in [3.8, 4) is 45.3 Å². The number of H-pyrrole nitrogens is 1. The van der Waals surface area contributed by atoms with Crippen molar-refractivity contribution < 1.29 is 0 Å². The zero-order chi connectivity index (χ0) is 35.6. The third-order valence-corrected chi connectivity index (χ3v) is 10.9. The molecule has 0 spiro atoms. The van der Waals surface area contributed by atoms with Gasteiger partial charge in [0.25, 0.3) is 0 Å². The fraction of sp³-hybridized carbons (Fsp3) is 0.0200. The van der Waals surface area contributed by atoms with E-state index in [2.05, 4.69) is 145 Å². The molecule has 0 atom stereocenters. The molecule has 10 aromatic rings. The van der Waals surface area contributed by atoms with E-state index in [0.717, 1.165) is 34.0 Å². The average Bonchev–Trinajstić information content (AvgIpc) is 3.64. The third kappa shape index (κ3) is 4.81. The van der Waals surface area contributed by atoms with Crippen LogP contribution in [0.5, 0.6) is 0 Å². The Bertz CT molecular complexity index is 3050. The van der Waals surface area contributed by atoms with Gasteiger partial charge in [0.05, 0.1) is 5.52 Å². The van der Waals surface area contributed by atoms with Crippen molar-refractivity contribution in [2.24, 2.45) is 0 Å². The Hall–Kier alpha value is -7.17. The van der Waals surface area contributed by atoms with Crippen molar-refractivity contribution in [3.05, 3.63) is 187 Å². The highest BCUT2D eigenvalue weighted by Crippen LogP contribution is 2.51. The lowest BCUT2D eigenvalue weighted by Crippen LogP contribution is -2.06. The minimum atomic E-state index is 0.654. The van der Waals surface area contributed by atoms with Crippen LogP contribution in [0, 0.1) is 0 Å². The number of aromatic nitrogens is 4. The molecular weight excluding hydrogens is 657 g/mol. The summed E-state index contributed by atoms with van der Waals surface area (Å²) in [7, 11) is 0. The summed E-state index contributed by atoms with van der Waals surface area (Å²) < 4.78 is 0. The van der Waals surface area contributed by atoms with Crippen LogP contribution in [0.4, 0.5) is 0 Å². The largest absolute Gasteiger partial charge is 0.354 e. The maximum atomic E-state index is 5.15. The van der Waals surface area contributed by atoms with Gasteiger partial charge in [-0.15, -0.1) is 0 Å². The summed E-state index contributed by atoms with van der Waals surface area (Å²) in [6.07, 6.45) is 3.19. The van der Waals surface area contributed by atoms with Gasteiger partial charge >= 0.3 is 0 Å². The van der Waals surface area contributed by atoms with Crippen molar-refractivity contribution >= 4 is 55.0 Å². The lowest BCUT2D eigenvalue weighted by atomic mass is 9.76. The van der Waals surface area contributed by atoms with Gasteiger partial charge in [-0.1, -0.05) is 170 Å². The van der Waals surface area contributed by atoms with Crippen LogP contribution in [0.3, 0.4) is 0 Å². The zero-order valence-electron chi connectivity index (χ0n) is 29.3. The van der Waals surface area contributed by atoms with Crippen molar-refractivity contribution in [1.29, 1.82) is 0 Å². The molecule has 8 aromatic carbocycles. The minimum Gasteiger partial charge on any atom is -0.354 e. The first-order valence-electron chi connectivity index (χ1n) is 18.4. The summed E-state index contributed by atoms with van der Waals surface area (Å²) in [5.74, 6) is 1.96. The smallest absolute Gasteiger partial charge is 0.164 e. The quantitative estimate of drug-likeness (QED) is 0.200. The number of benzene rings is 8. The average molecular weight is 689 g/mol. The van der Waals surface area contributed by atoms with E-state index in [1.165, 1.54) is 65.8 Å². The van der Waals surface area contributed by atoms with Gasteiger partial charge in [-0.25, -0.2) is 15.0 Å². The van der Waals surface area contributed by atoms with E-state index in [4.69, 9.17) is 15.0 Å². The third-order valence-electron chi connectivity index (χ3n) is 10.9. The van der Waals surface area contributed by atoms with Crippen LogP contribution < -0.4 is 0 Å². The second-order valence-electron chi connectivity index (χ2n) is 14.0.